The Bertz CT molecular complexity index is 1290. The van der Waals surface area contributed by atoms with Gasteiger partial charge in [0.05, 0.1) is 12.5 Å². The van der Waals surface area contributed by atoms with E-state index in [0.29, 0.717) is 37.8 Å². The van der Waals surface area contributed by atoms with Crippen LogP contribution in [-0.2, 0) is 9.59 Å². The first-order valence-electron chi connectivity index (χ1n) is 14.6. The molecule has 40 heavy (non-hydrogen) atoms. The van der Waals surface area contributed by atoms with Crippen LogP contribution in [0.25, 0.3) is 5.57 Å². The van der Waals surface area contributed by atoms with Crippen LogP contribution >= 0.6 is 0 Å². The molecule has 2 N–H and O–H groups in total. The summed E-state index contributed by atoms with van der Waals surface area (Å²) in [6.07, 6.45) is 8.20. The van der Waals surface area contributed by atoms with E-state index < -0.39 is 0 Å². The summed E-state index contributed by atoms with van der Waals surface area (Å²) >= 11 is 0. The Balaban J connectivity index is 1.09. The molecule has 0 aromatic heterocycles. The third-order valence-electron chi connectivity index (χ3n) is 8.77. The van der Waals surface area contributed by atoms with E-state index in [1.165, 1.54) is 16.8 Å². The Morgan fingerprint density at radius 1 is 1.02 bits per heavy atom. The number of hydrogen-bond donors (Lipinski definition) is 2. The molecule has 212 valence electrons. The zero-order valence-corrected chi connectivity index (χ0v) is 24.0. The quantitative estimate of drug-likeness (QED) is 0.454. The Hall–Kier alpha value is -3.58. The van der Waals surface area contributed by atoms with Crippen LogP contribution in [0.5, 0.6) is 5.75 Å². The van der Waals surface area contributed by atoms with Crippen LogP contribution in [0.4, 0.5) is 11.4 Å². The fourth-order valence-electron chi connectivity index (χ4n) is 5.86. The van der Waals surface area contributed by atoms with E-state index in [4.69, 9.17) is 0 Å². The third-order valence-corrected chi connectivity index (χ3v) is 8.77. The zero-order valence-electron chi connectivity index (χ0n) is 24.0. The summed E-state index contributed by atoms with van der Waals surface area (Å²) in [5.41, 5.74) is 5.39. The SMILES string of the molecule is CC(C)C(C)c1cc(NC(=O)C2CCN(CC(=O)N3CCN(c4cccc(C5=CC=CC5)c4)CC3)C2)ccc1O. The largest absolute Gasteiger partial charge is 0.508 e. The maximum Gasteiger partial charge on any atom is 0.236 e. The molecule has 0 saturated carbocycles. The maximum absolute atomic E-state index is 13.1. The number of amides is 2. The topological polar surface area (TPSA) is 76.1 Å². The monoisotopic (exact) mass is 542 g/mol. The molecule has 3 aliphatic rings. The number of carbonyl (C=O) groups is 2. The summed E-state index contributed by atoms with van der Waals surface area (Å²) in [6.45, 7) is 11.1. The van der Waals surface area contributed by atoms with E-state index in [1.54, 1.807) is 12.1 Å². The Morgan fingerprint density at radius 2 is 1.82 bits per heavy atom. The van der Waals surface area contributed by atoms with Gasteiger partial charge in [0.15, 0.2) is 0 Å². The first-order chi connectivity index (χ1) is 19.3. The lowest BCUT2D eigenvalue weighted by molar-refractivity contribution is -0.132. The molecular weight excluding hydrogens is 500 g/mol. The molecule has 5 rings (SSSR count). The predicted octanol–water partition coefficient (Wildman–Crippen LogP) is 5.10. The number of phenolic OH excluding ortho intramolecular Hbond substituents is 1. The summed E-state index contributed by atoms with van der Waals surface area (Å²) < 4.78 is 0. The number of phenols is 1. The molecule has 2 amide bonds. The Labute approximate surface area is 238 Å². The van der Waals surface area contributed by atoms with Crippen LogP contribution in [0, 0.1) is 11.8 Å². The molecule has 2 unspecified atom stereocenters. The van der Waals surface area contributed by atoms with E-state index >= 15 is 0 Å². The number of aromatic hydroxyl groups is 1. The molecule has 2 aromatic carbocycles. The van der Waals surface area contributed by atoms with Gasteiger partial charge in [-0.05, 0) is 78.3 Å². The van der Waals surface area contributed by atoms with Gasteiger partial charge in [-0.15, -0.1) is 0 Å². The Morgan fingerprint density at radius 3 is 2.55 bits per heavy atom. The summed E-state index contributed by atoms with van der Waals surface area (Å²) in [5, 5.41) is 13.3. The smallest absolute Gasteiger partial charge is 0.236 e. The minimum Gasteiger partial charge on any atom is -0.508 e. The average Bonchev–Trinajstić information content (AvgIpc) is 3.67. The number of allylic oxidation sites excluding steroid dienone is 4. The van der Waals surface area contributed by atoms with E-state index in [2.05, 4.69) is 78.4 Å². The number of benzene rings is 2. The predicted molar refractivity (Wildman–Crippen MR) is 162 cm³/mol. The number of carbonyl (C=O) groups excluding carboxylic acids is 2. The van der Waals surface area contributed by atoms with Gasteiger partial charge < -0.3 is 20.2 Å². The highest BCUT2D eigenvalue weighted by Crippen LogP contribution is 2.33. The van der Waals surface area contributed by atoms with Crippen LogP contribution < -0.4 is 10.2 Å². The van der Waals surface area contributed by atoms with Gasteiger partial charge in [-0.2, -0.15) is 0 Å². The fraction of sp³-hybridized carbons (Fsp3) is 0.455. The van der Waals surface area contributed by atoms with Crippen molar-refractivity contribution in [2.75, 3.05) is 56.0 Å². The molecule has 2 aliphatic heterocycles. The number of piperazine rings is 1. The highest BCUT2D eigenvalue weighted by Gasteiger charge is 2.31. The standard InChI is InChI=1S/C33H42N4O3/c1-23(2)24(3)30-20-28(11-12-31(30)38)34-33(40)27-13-14-35(21-27)22-32(39)37-17-15-36(16-18-37)29-10-6-9-26(19-29)25-7-4-5-8-25/h4-7,9-12,19-20,23-24,27,38H,8,13-18,21-22H2,1-3H3,(H,34,40). The van der Waals surface area contributed by atoms with Crippen molar-refractivity contribution in [3.63, 3.8) is 0 Å². The average molecular weight is 543 g/mol. The molecule has 0 bridgehead atoms. The van der Waals surface area contributed by atoms with Gasteiger partial charge in [0.1, 0.15) is 5.75 Å². The number of anilines is 2. The summed E-state index contributed by atoms with van der Waals surface area (Å²) in [4.78, 5) is 32.6. The number of nitrogens with zero attached hydrogens (tertiary/aromatic N) is 3. The van der Waals surface area contributed by atoms with Crippen LogP contribution in [0.3, 0.4) is 0 Å². The lowest BCUT2D eigenvalue weighted by Crippen LogP contribution is -2.51. The molecule has 7 heteroatoms. The van der Waals surface area contributed by atoms with Gasteiger partial charge in [-0.3, -0.25) is 14.5 Å². The van der Waals surface area contributed by atoms with E-state index in [-0.39, 0.29) is 29.4 Å². The number of rotatable bonds is 8. The summed E-state index contributed by atoms with van der Waals surface area (Å²) in [6, 6.07) is 14.0. The number of nitrogens with one attached hydrogen (secondary N) is 1. The van der Waals surface area contributed by atoms with Crippen molar-refractivity contribution in [2.24, 2.45) is 11.8 Å². The van der Waals surface area contributed by atoms with Crippen LogP contribution in [-0.4, -0.2) is 72.5 Å². The van der Waals surface area contributed by atoms with Crippen molar-refractivity contribution in [3.05, 3.63) is 71.8 Å². The normalized spacial score (nSPS) is 20.2. The fourth-order valence-corrected chi connectivity index (χ4v) is 5.86. The highest BCUT2D eigenvalue weighted by atomic mass is 16.3. The van der Waals surface area contributed by atoms with Crippen molar-refractivity contribution >= 4 is 28.8 Å². The van der Waals surface area contributed by atoms with Crippen molar-refractivity contribution < 1.29 is 14.7 Å². The van der Waals surface area contributed by atoms with E-state index in [9.17, 15) is 14.7 Å². The van der Waals surface area contributed by atoms with Gasteiger partial charge in [-0.25, -0.2) is 0 Å². The first-order valence-corrected chi connectivity index (χ1v) is 14.6. The minimum absolute atomic E-state index is 0.0243. The Kier molecular flexibility index (Phi) is 8.60. The van der Waals surface area contributed by atoms with E-state index in [1.807, 2.05) is 11.0 Å². The van der Waals surface area contributed by atoms with Gasteiger partial charge in [0.25, 0.3) is 0 Å². The van der Waals surface area contributed by atoms with Crippen molar-refractivity contribution in [1.29, 1.82) is 0 Å². The summed E-state index contributed by atoms with van der Waals surface area (Å²) in [5.74, 6) is 0.791. The minimum atomic E-state index is -0.151. The highest BCUT2D eigenvalue weighted by molar-refractivity contribution is 5.93. The molecule has 2 saturated heterocycles. The molecule has 1 aliphatic carbocycles. The molecule has 7 nitrogen and oxygen atoms in total. The second-order valence-corrected chi connectivity index (χ2v) is 11.8. The van der Waals surface area contributed by atoms with Crippen LogP contribution in [0.1, 0.15) is 50.7 Å². The zero-order chi connectivity index (χ0) is 28.2. The van der Waals surface area contributed by atoms with Crippen LogP contribution in [0.15, 0.2) is 60.7 Å². The lowest BCUT2D eigenvalue weighted by atomic mass is 9.89. The maximum atomic E-state index is 13.1. The van der Waals surface area contributed by atoms with Gasteiger partial charge in [0.2, 0.25) is 11.8 Å². The molecular formula is C33H42N4O3. The van der Waals surface area contributed by atoms with E-state index in [0.717, 1.165) is 38.0 Å². The number of hydrogen-bond acceptors (Lipinski definition) is 5. The molecule has 2 aromatic rings. The second-order valence-electron chi connectivity index (χ2n) is 11.8. The molecule has 2 atom stereocenters. The second kappa shape index (κ2) is 12.3. The molecule has 0 radical (unpaired) electrons. The molecule has 2 fully saturated rings. The first kappa shape index (κ1) is 28.0. The van der Waals surface area contributed by atoms with Gasteiger partial charge in [-0.1, -0.05) is 51.1 Å². The van der Waals surface area contributed by atoms with Crippen molar-refractivity contribution in [1.82, 2.24) is 9.80 Å². The van der Waals surface area contributed by atoms with Crippen molar-refractivity contribution in [2.45, 2.75) is 39.5 Å². The van der Waals surface area contributed by atoms with Crippen molar-refractivity contribution in [3.8, 4) is 5.75 Å². The number of likely N-dealkylation sites (tertiary alicyclic amines) is 1. The van der Waals surface area contributed by atoms with Gasteiger partial charge >= 0.3 is 0 Å². The molecule has 0 spiro atoms. The van der Waals surface area contributed by atoms with Gasteiger partial charge in [0, 0.05) is 44.1 Å². The third kappa shape index (κ3) is 6.41. The van der Waals surface area contributed by atoms with Crippen LogP contribution in [0.2, 0.25) is 0 Å². The lowest BCUT2D eigenvalue weighted by Gasteiger charge is -2.37. The molecule has 2 heterocycles. The summed E-state index contributed by atoms with van der Waals surface area (Å²) in [7, 11) is 0.